The Hall–Kier alpha value is -1.29. The maximum absolute atomic E-state index is 8.26. The van der Waals surface area contributed by atoms with Crippen molar-refractivity contribution >= 4 is 0 Å². The number of allylic oxidation sites excluding steroid dienone is 6. The van der Waals surface area contributed by atoms with E-state index >= 15 is 0 Å². The van der Waals surface area contributed by atoms with Gasteiger partial charge < -0.3 is 0 Å². The quantitative estimate of drug-likeness (QED) is 0.342. The minimum absolute atomic E-state index is 0.614. The lowest BCUT2D eigenvalue weighted by Crippen LogP contribution is -1.64. The summed E-state index contributed by atoms with van der Waals surface area (Å²) in [5.74, 6) is 0. The summed E-state index contributed by atoms with van der Waals surface area (Å²) in [6.07, 6.45) is 16.1. The first kappa shape index (κ1) is 11.7. The van der Waals surface area contributed by atoms with E-state index in [-0.39, 0.29) is 0 Å². The van der Waals surface area contributed by atoms with Crippen molar-refractivity contribution in [3.8, 4) is 6.07 Å². The molecule has 0 heterocycles. The van der Waals surface area contributed by atoms with Crippen LogP contribution in [-0.4, -0.2) is 0 Å². The minimum Gasteiger partial charge on any atom is -0.198 e. The van der Waals surface area contributed by atoms with Gasteiger partial charge in [0.2, 0.25) is 0 Å². The number of rotatable bonds is 6. The summed E-state index contributed by atoms with van der Waals surface area (Å²) >= 11 is 0. The van der Waals surface area contributed by atoms with Crippen molar-refractivity contribution in [1.82, 2.24) is 0 Å². The maximum Gasteiger partial charge on any atom is 0.0625 e. The molecule has 0 saturated heterocycles. The fourth-order valence-corrected chi connectivity index (χ4v) is 0.857. The largest absolute Gasteiger partial charge is 0.198 e. The third kappa shape index (κ3) is 10.7. The Kier molecular flexibility index (Phi) is 9.65. The van der Waals surface area contributed by atoms with E-state index in [1.54, 1.807) is 0 Å². The predicted octanol–water partition coefficient (Wildman–Crippen LogP) is 3.76. The van der Waals surface area contributed by atoms with Crippen LogP contribution in [0.4, 0.5) is 0 Å². The zero-order chi connectivity index (χ0) is 9.78. The Labute approximate surface area is 81.1 Å². The van der Waals surface area contributed by atoms with Gasteiger partial charge in [-0.25, -0.2) is 0 Å². The van der Waals surface area contributed by atoms with Gasteiger partial charge in [-0.3, -0.25) is 0 Å². The third-order valence-corrected chi connectivity index (χ3v) is 1.54. The van der Waals surface area contributed by atoms with Crippen LogP contribution in [-0.2, 0) is 0 Å². The van der Waals surface area contributed by atoms with Gasteiger partial charge in [-0.2, -0.15) is 5.26 Å². The summed E-state index contributed by atoms with van der Waals surface area (Å²) < 4.78 is 0. The lowest BCUT2D eigenvalue weighted by atomic mass is 10.2. The van der Waals surface area contributed by atoms with E-state index < -0.39 is 0 Å². The molecule has 0 aliphatic carbocycles. The number of nitrogens with zero attached hydrogens (tertiary/aromatic N) is 1. The van der Waals surface area contributed by atoms with Crippen molar-refractivity contribution in [3.63, 3.8) is 0 Å². The van der Waals surface area contributed by atoms with E-state index in [1.807, 2.05) is 25.2 Å². The molecule has 0 spiro atoms. The van der Waals surface area contributed by atoms with E-state index in [2.05, 4.69) is 24.3 Å². The Morgan fingerprint density at radius 2 is 1.62 bits per heavy atom. The summed E-state index contributed by atoms with van der Waals surface area (Å²) in [7, 11) is 0. The van der Waals surface area contributed by atoms with Crippen molar-refractivity contribution in [3.05, 3.63) is 36.5 Å². The van der Waals surface area contributed by atoms with E-state index in [0.717, 1.165) is 19.3 Å². The average molecular weight is 175 g/mol. The SMILES string of the molecule is C/C=C/CC/C=C/C=C/CCC#N. The van der Waals surface area contributed by atoms with Crippen molar-refractivity contribution < 1.29 is 0 Å². The molecule has 70 valence electrons. The van der Waals surface area contributed by atoms with Crippen LogP contribution >= 0.6 is 0 Å². The number of hydrogen-bond donors (Lipinski definition) is 0. The molecule has 0 radical (unpaired) electrons. The Morgan fingerprint density at radius 1 is 1.00 bits per heavy atom. The molecule has 0 bridgehead atoms. The summed E-state index contributed by atoms with van der Waals surface area (Å²) in [5.41, 5.74) is 0. The smallest absolute Gasteiger partial charge is 0.0625 e. The standard InChI is InChI=1S/C12H17N/c1-2-3-4-5-6-7-8-9-10-11-12-13/h2-3,6-9H,4-5,10-11H2,1H3/b3-2+,7-6+,9-8+. The van der Waals surface area contributed by atoms with Gasteiger partial charge in [0.05, 0.1) is 6.07 Å². The first-order valence-electron chi connectivity index (χ1n) is 4.71. The van der Waals surface area contributed by atoms with Crippen molar-refractivity contribution in [1.29, 1.82) is 5.26 Å². The van der Waals surface area contributed by atoms with E-state index in [9.17, 15) is 0 Å². The van der Waals surface area contributed by atoms with E-state index in [0.29, 0.717) is 6.42 Å². The van der Waals surface area contributed by atoms with Crippen LogP contribution in [0.3, 0.4) is 0 Å². The van der Waals surface area contributed by atoms with Crippen LogP contribution in [0.15, 0.2) is 36.5 Å². The fourth-order valence-electron chi connectivity index (χ4n) is 0.857. The second-order valence-electron chi connectivity index (χ2n) is 2.70. The molecule has 0 aromatic heterocycles. The molecule has 0 fully saturated rings. The highest BCUT2D eigenvalue weighted by Crippen LogP contribution is 1.94. The third-order valence-electron chi connectivity index (χ3n) is 1.54. The van der Waals surface area contributed by atoms with E-state index in [1.165, 1.54) is 0 Å². The second kappa shape index (κ2) is 10.7. The van der Waals surface area contributed by atoms with Crippen LogP contribution in [0.25, 0.3) is 0 Å². The van der Waals surface area contributed by atoms with E-state index in [4.69, 9.17) is 5.26 Å². The van der Waals surface area contributed by atoms with Gasteiger partial charge in [-0.05, 0) is 26.2 Å². The van der Waals surface area contributed by atoms with Gasteiger partial charge in [-0.15, -0.1) is 0 Å². The summed E-state index contributed by atoms with van der Waals surface area (Å²) in [6.45, 7) is 2.03. The van der Waals surface area contributed by atoms with Gasteiger partial charge in [0.15, 0.2) is 0 Å². The highest BCUT2D eigenvalue weighted by molar-refractivity contribution is 5.03. The molecule has 0 N–H and O–H groups in total. The molecule has 1 heteroatoms. The first-order valence-corrected chi connectivity index (χ1v) is 4.71. The lowest BCUT2D eigenvalue weighted by molar-refractivity contribution is 1.05. The highest BCUT2D eigenvalue weighted by atomic mass is 14.2. The Balaban J connectivity index is 3.30. The van der Waals surface area contributed by atoms with Crippen LogP contribution in [0.1, 0.15) is 32.6 Å². The molecule has 1 nitrogen and oxygen atoms in total. The van der Waals surface area contributed by atoms with Gasteiger partial charge in [0.25, 0.3) is 0 Å². The Bertz CT molecular complexity index is 216. The van der Waals surface area contributed by atoms with Gasteiger partial charge in [0, 0.05) is 6.42 Å². The number of nitriles is 1. The average Bonchev–Trinajstić information content (AvgIpc) is 2.16. The zero-order valence-corrected chi connectivity index (χ0v) is 8.24. The fraction of sp³-hybridized carbons (Fsp3) is 0.417. The molecule has 0 unspecified atom stereocenters. The maximum atomic E-state index is 8.26. The molecule has 0 aliphatic heterocycles. The molecule has 13 heavy (non-hydrogen) atoms. The molecular formula is C12H17N. The molecule has 0 aromatic carbocycles. The lowest BCUT2D eigenvalue weighted by Gasteiger charge is -1.83. The summed E-state index contributed by atoms with van der Waals surface area (Å²) in [5, 5.41) is 8.26. The molecule has 0 amide bonds. The minimum atomic E-state index is 0.614. The summed E-state index contributed by atoms with van der Waals surface area (Å²) in [6, 6.07) is 2.10. The number of unbranched alkanes of at least 4 members (excludes halogenated alkanes) is 2. The van der Waals surface area contributed by atoms with Crippen LogP contribution in [0, 0.1) is 11.3 Å². The van der Waals surface area contributed by atoms with Crippen molar-refractivity contribution in [2.45, 2.75) is 32.6 Å². The molecule has 0 aliphatic rings. The van der Waals surface area contributed by atoms with Gasteiger partial charge in [-0.1, -0.05) is 36.5 Å². The first-order chi connectivity index (χ1) is 6.41. The van der Waals surface area contributed by atoms with Crippen LogP contribution in [0.2, 0.25) is 0 Å². The van der Waals surface area contributed by atoms with Crippen LogP contribution < -0.4 is 0 Å². The predicted molar refractivity (Wildman–Crippen MR) is 57.2 cm³/mol. The number of hydrogen-bond acceptors (Lipinski definition) is 1. The molecule has 0 atom stereocenters. The molecule has 0 saturated carbocycles. The van der Waals surface area contributed by atoms with Gasteiger partial charge in [0.1, 0.15) is 0 Å². The molecular weight excluding hydrogens is 158 g/mol. The molecule has 0 rings (SSSR count). The van der Waals surface area contributed by atoms with Gasteiger partial charge >= 0.3 is 0 Å². The van der Waals surface area contributed by atoms with Crippen molar-refractivity contribution in [2.75, 3.05) is 0 Å². The second-order valence-corrected chi connectivity index (χ2v) is 2.70. The highest BCUT2D eigenvalue weighted by Gasteiger charge is 1.75. The monoisotopic (exact) mass is 175 g/mol. The normalized spacial score (nSPS) is 11.7. The van der Waals surface area contributed by atoms with Crippen LogP contribution in [0.5, 0.6) is 0 Å². The summed E-state index contributed by atoms with van der Waals surface area (Å²) in [4.78, 5) is 0. The zero-order valence-electron chi connectivity index (χ0n) is 8.24. The Morgan fingerprint density at radius 3 is 2.23 bits per heavy atom. The van der Waals surface area contributed by atoms with Crippen molar-refractivity contribution in [2.24, 2.45) is 0 Å². The topological polar surface area (TPSA) is 23.8 Å². The molecule has 0 aromatic rings.